The fourth-order valence-electron chi connectivity index (χ4n) is 3.61. The molecule has 7 heteroatoms. The molecule has 2 saturated heterocycles. The maximum atomic E-state index is 11.4. The standard InChI is InChI=1S/C15H25N5O2/c1-11-8-18(10-15-17-16-12(2)22-15)9-14(11)20-6-4-19(5-7-20)13(3)21/h11,14H,4-10H2,1-3H3/t11-,14+/m0/s1. The van der Waals surface area contributed by atoms with Crippen LogP contribution in [0.5, 0.6) is 0 Å². The molecule has 0 aromatic carbocycles. The van der Waals surface area contributed by atoms with E-state index in [1.54, 1.807) is 6.92 Å². The Labute approximate surface area is 131 Å². The van der Waals surface area contributed by atoms with Gasteiger partial charge in [0.15, 0.2) is 0 Å². The fourth-order valence-corrected chi connectivity index (χ4v) is 3.61. The minimum absolute atomic E-state index is 0.188. The van der Waals surface area contributed by atoms with E-state index in [0.29, 0.717) is 23.7 Å². The maximum Gasteiger partial charge on any atom is 0.230 e. The summed E-state index contributed by atoms with van der Waals surface area (Å²) in [6.07, 6.45) is 0. The van der Waals surface area contributed by atoms with Crippen LogP contribution in [0.4, 0.5) is 0 Å². The van der Waals surface area contributed by atoms with E-state index in [9.17, 15) is 4.79 Å². The monoisotopic (exact) mass is 307 g/mol. The van der Waals surface area contributed by atoms with Crippen molar-refractivity contribution in [3.05, 3.63) is 11.8 Å². The highest BCUT2D eigenvalue weighted by Gasteiger charge is 2.35. The van der Waals surface area contributed by atoms with E-state index in [4.69, 9.17) is 4.42 Å². The van der Waals surface area contributed by atoms with Gasteiger partial charge in [-0.25, -0.2) is 0 Å². The summed E-state index contributed by atoms with van der Waals surface area (Å²) in [6, 6.07) is 0.554. The zero-order valence-corrected chi connectivity index (χ0v) is 13.7. The van der Waals surface area contributed by atoms with Crippen molar-refractivity contribution in [1.29, 1.82) is 0 Å². The summed E-state index contributed by atoms with van der Waals surface area (Å²) in [7, 11) is 0. The first-order valence-electron chi connectivity index (χ1n) is 8.04. The van der Waals surface area contributed by atoms with Crippen LogP contribution in [0.25, 0.3) is 0 Å². The molecule has 122 valence electrons. The van der Waals surface area contributed by atoms with Gasteiger partial charge in [0, 0.05) is 59.2 Å². The van der Waals surface area contributed by atoms with Crippen molar-refractivity contribution in [1.82, 2.24) is 24.9 Å². The Kier molecular flexibility index (Phi) is 4.44. The number of amides is 1. The predicted octanol–water partition coefficient (Wildman–Crippen LogP) is 0.362. The lowest BCUT2D eigenvalue weighted by molar-refractivity contribution is -0.130. The molecule has 1 aromatic rings. The largest absolute Gasteiger partial charge is 0.424 e. The van der Waals surface area contributed by atoms with E-state index in [1.165, 1.54) is 0 Å². The zero-order valence-electron chi connectivity index (χ0n) is 13.7. The first kappa shape index (κ1) is 15.4. The lowest BCUT2D eigenvalue weighted by Crippen LogP contribution is -2.53. The van der Waals surface area contributed by atoms with Gasteiger partial charge in [-0.05, 0) is 5.92 Å². The molecule has 7 nitrogen and oxygen atoms in total. The molecule has 2 aliphatic heterocycles. The quantitative estimate of drug-likeness (QED) is 0.803. The minimum Gasteiger partial charge on any atom is -0.424 e. The Balaban J connectivity index is 1.54. The average Bonchev–Trinajstić information content (AvgIpc) is 3.05. The van der Waals surface area contributed by atoms with Gasteiger partial charge in [0.2, 0.25) is 17.7 Å². The molecule has 0 bridgehead atoms. The molecule has 0 radical (unpaired) electrons. The molecule has 2 aliphatic rings. The van der Waals surface area contributed by atoms with Gasteiger partial charge in [-0.2, -0.15) is 0 Å². The number of hydrogen-bond acceptors (Lipinski definition) is 6. The fraction of sp³-hybridized carbons (Fsp3) is 0.800. The van der Waals surface area contributed by atoms with Crippen LogP contribution < -0.4 is 0 Å². The van der Waals surface area contributed by atoms with Crippen molar-refractivity contribution < 1.29 is 9.21 Å². The Bertz CT molecular complexity index is 524. The highest BCUT2D eigenvalue weighted by molar-refractivity contribution is 5.73. The van der Waals surface area contributed by atoms with E-state index >= 15 is 0 Å². The van der Waals surface area contributed by atoms with E-state index in [-0.39, 0.29) is 5.91 Å². The number of carbonyl (C=O) groups is 1. The van der Waals surface area contributed by atoms with E-state index in [1.807, 2.05) is 11.8 Å². The Morgan fingerprint density at radius 2 is 1.95 bits per heavy atom. The summed E-state index contributed by atoms with van der Waals surface area (Å²) in [5.74, 6) is 2.13. The number of hydrogen-bond donors (Lipinski definition) is 0. The second-order valence-corrected chi connectivity index (χ2v) is 6.50. The molecule has 0 aliphatic carbocycles. The van der Waals surface area contributed by atoms with Gasteiger partial charge in [-0.3, -0.25) is 14.6 Å². The summed E-state index contributed by atoms with van der Waals surface area (Å²) >= 11 is 0. The van der Waals surface area contributed by atoms with E-state index in [0.717, 1.165) is 45.8 Å². The number of carbonyl (C=O) groups excluding carboxylic acids is 1. The second kappa shape index (κ2) is 6.34. The Morgan fingerprint density at radius 3 is 2.55 bits per heavy atom. The van der Waals surface area contributed by atoms with Gasteiger partial charge in [0.05, 0.1) is 6.54 Å². The average molecular weight is 307 g/mol. The van der Waals surface area contributed by atoms with Crippen LogP contribution >= 0.6 is 0 Å². The van der Waals surface area contributed by atoms with Gasteiger partial charge in [-0.15, -0.1) is 10.2 Å². The van der Waals surface area contributed by atoms with Crippen LogP contribution in [0.15, 0.2) is 4.42 Å². The van der Waals surface area contributed by atoms with E-state index in [2.05, 4.69) is 26.9 Å². The predicted molar refractivity (Wildman–Crippen MR) is 81.1 cm³/mol. The highest BCUT2D eigenvalue weighted by Crippen LogP contribution is 2.24. The van der Waals surface area contributed by atoms with Crippen LogP contribution in [0.1, 0.15) is 25.6 Å². The Hall–Kier alpha value is -1.47. The number of piperazine rings is 1. The molecule has 3 heterocycles. The first-order chi connectivity index (χ1) is 10.5. The third kappa shape index (κ3) is 3.30. The minimum atomic E-state index is 0.188. The second-order valence-electron chi connectivity index (χ2n) is 6.50. The van der Waals surface area contributed by atoms with Gasteiger partial charge in [-0.1, -0.05) is 6.92 Å². The third-order valence-corrected chi connectivity index (χ3v) is 4.80. The molecule has 3 rings (SSSR count). The third-order valence-electron chi connectivity index (χ3n) is 4.80. The van der Waals surface area contributed by atoms with Crippen molar-refractivity contribution in [2.75, 3.05) is 39.3 Å². The molecule has 2 atom stereocenters. The molecular weight excluding hydrogens is 282 g/mol. The summed E-state index contributed by atoms with van der Waals surface area (Å²) in [5, 5.41) is 7.98. The van der Waals surface area contributed by atoms with Crippen LogP contribution in [-0.2, 0) is 11.3 Å². The summed E-state index contributed by atoms with van der Waals surface area (Å²) in [6.45, 7) is 12.2. The molecule has 2 fully saturated rings. The normalized spacial score (nSPS) is 27.5. The maximum absolute atomic E-state index is 11.4. The van der Waals surface area contributed by atoms with Crippen LogP contribution in [-0.4, -0.2) is 76.1 Å². The number of likely N-dealkylation sites (tertiary alicyclic amines) is 1. The van der Waals surface area contributed by atoms with Crippen molar-refractivity contribution in [2.24, 2.45) is 5.92 Å². The van der Waals surface area contributed by atoms with Crippen molar-refractivity contribution in [2.45, 2.75) is 33.4 Å². The van der Waals surface area contributed by atoms with Crippen molar-refractivity contribution >= 4 is 5.91 Å². The lowest BCUT2D eigenvalue weighted by atomic mass is 10.0. The number of nitrogens with zero attached hydrogens (tertiary/aromatic N) is 5. The zero-order chi connectivity index (χ0) is 15.7. The van der Waals surface area contributed by atoms with E-state index < -0.39 is 0 Å². The van der Waals surface area contributed by atoms with Gasteiger partial charge in [0.1, 0.15) is 0 Å². The first-order valence-corrected chi connectivity index (χ1v) is 8.04. The van der Waals surface area contributed by atoms with Crippen LogP contribution in [0.2, 0.25) is 0 Å². The lowest BCUT2D eigenvalue weighted by Gasteiger charge is -2.39. The van der Waals surface area contributed by atoms with Crippen molar-refractivity contribution in [3.8, 4) is 0 Å². The molecule has 0 unspecified atom stereocenters. The van der Waals surface area contributed by atoms with Gasteiger partial charge >= 0.3 is 0 Å². The summed E-state index contributed by atoms with van der Waals surface area (Å²) in [5.41, 5.74) is 0. The number of aryl methyl sites for hydroxylation is 1. The van der Waals surface area contributed by atoms with Gasteiger partial charge in [0.25, 0.3) is 0 Å². The molecule has 1 amide bonds. The smallest absolute Gasteiger partial charge is 0.230 e. The summed E-state index contributed by atoms with van der Waals surface area (Å²) < 4.78 is 5.48. The molecular formula is C15H25N5O2. The van der Waals surface area contributed by atoms with Crippen LogP contribution in [0, 0.1) is 12.8 Å². The van der Waals surface area contributed by atoms with Crippen molar-refractivity contribution in [3.63, 3.8) is 0 Å². The molecule has 0 N–H and O–H groups in total. The molecule has 0 saturated carbocycles. The molecule has 22 heavy (non-hydrogen) atoms. The molecule has 1 aromatic heterocycles. The number of rotatable bonds is 3. The Morgan fingerprint density at radius 1 is 1.23 bits per heavy atom. The summed E-state index contributed by atoms with van der Waals surface area (Å²) in [4.78, 5) is 18.3. The number of aromatic nitrogens is 2. The SMILES string of the molecule is CC(=O)N1CCN([C@@H]2CN(Cc3nnc(C)o3)C[C@@H]2C)CC1. The van der Waals surface area contributed by atoms with Crippen LogP contribution in [0.3, 0.4) is 0 Å². The van der Waals surface area contributed by atoms with Gasteiger partial charge < -0.3 is 9.32 Å². The molecule has 0 spiro atoms. The highest BCUT2D eigenvalue weighted by atomic mass is 16.4. The topological polar surface area (TPSA) is 65.7 Å².